The number of nitrogens with zero attached hydrogens (tertiary/aromatic N) is 1. The molecule has 3 aromatic carbocycles. The highest BCUT2D eigenvalue weighted by Crippen LogP contribution is 2.39. The molecule has 1 aromatic heterocycles. The van der Waals surface area contributed by atoms with Gasteiger partial charge < -0.3 is 4.98 Å². The topological polar surface area (TPSA) is 68.4 Å². The fourth-order valence-electron chi connectivity index (χ4n) is 5.10. The van der Waals surface area contributed by atoms with Crippen LogP contribution >= 0.6 is 0 Å². The molecule has 3 N–H and O–H groups in total. The van der Waals surface area contributed by atoms with Crippen LogP contribution in [0.2, 0.25) is 0 Å². The van der Waals surface area contributed by atoms with Crippen molar-refractivity contribution in [3.8, 4) is 11.3 Å². The Bertz CT molecular complexity index is 1360. The molecule has 1 saturated heterocycles. The second kappa shape index (κ2) is 10.3. The van der Waals surface area contributed by atoms with Gasteiger partial charge in [0.2, 0.25) is 0 Å². The predicted molar refractivity (Wildman–Crippen MR) is 136 cm³/mol. The maximum Gasteiger partial charge on any atom is 0.267 e. The Labute approximate surface area is 203 Å². The average Bonchev–Trinajstić information content (AvgIpc) is 3.29. The summed E-state index contributed by atoms with van der Waals surface area (Å²) in [7, 11) is 0. The van der Waals surface area contributed by atoms with Gasteiger partial charge in [-0.1, -0.05) is 60.7 Å². The third-order valence-corrected chi connectivity index (χ3v) is 6.73. The van der Waals surface area contributed by atoms with E-state index in [1.807, 2.05) is 6.07 Å². The van der Waals surface area contributed by atoms with Crippen LogP contribution in [0.4, 0.5) is 4.39 Å². The maximum atomic E-state index is 14.9. The van der Waals surface area contributed by atoms with Crippen LogP contribution in [-0.2, 0) is 11.3 Å². The van der Waals surface area contributed by atoms with Gasteiger partial charge in [-0.3, -0.25) is 14.9 Å². The van der Waals surface area contributed by atoms with Gasteiger partial charge in [0.05, 0.1) is 5.69 Å². The number of piperidine rings is 1. The summed E-state index contributed by atoms with van der Waals surface area (Å²) in [5.41, 5.74) is 7.57. The van der Waals surface area contributed by atoms with E-state index < -0.39 is 5.91 Å². The number of halogens is 1. The number of hydroxylamine groups is 1. The number of amides is 1. The molecular formula is C29H28FN3O2. The van der Waals surface area contributed by atoms with Gasteiger partial charge in [0.1, 0.15) is 5.82 Å². The lowest BCUT2D eigenvalue weighted by molar-refractivity contribution is -0.124. The maximum absolute atomic E-state index is 14.9. The molecule has 35 heavy (non-hydrogen) atoms. The first-order valence-corrected chi connectivity index (χ1v) is 11.9. The molecule has 6 heteroatoms. The zero-order chi connectivity index (χ0) is 24.2. The van der Waals surface area contributed by atoms with Crippen LogP contribution in [0.25, 0.3) is 28.2 Å². The number of aromatic amines is 1. The Morgan fingerprint density at radius 2 is 1.91 bits per heavy atom. The molecule has 0 saturated carbocycles. The number of carbonyl (C=O) groups excluding carboxylic acids is 1. The molecule has 1 aliphatic heterocycles. The van der Waals surface area contributed by atoms with Gasteiger partial charge in [0.15, 0.2) is 0 Å². The first kappa shape index (κ1) is 23.0. The molecule has 1 atom stereocenters. The Morgan fingerprint density at radius 3 is 2.71 bits per heavy atom. The number of likely N-dealkylation sites (tertiary alicyclic amines) is 1. The van der Waals surface area contributed by atoms with E-state index in [0.717, 1.165) is 37.5 Å². The Balaban J connectivity index is 1.39. The summed E-state index contributed by atoms with van der Waals surface area (Å²) >= 11 is 0. The van der Waals surface area contributed by atoms with E-state index in [1.54, 1.807) is 12.1 Å². The minimum Gasteiger partial charge on any atom is -0.354 e. The number of hydrogen-bond acceptors (Lipinski definition) is 3. The van der Waals surface area contributed by atoms with E-state index in [9.17, 15) is 9.18 Å². The molecule has 1 fully saturated rings. The van der Waals surface area contributed by atoms with Crippen LogP contribution < -0.4 is 5.48 Å². The molecule has 0 spiro atoms. The van der Waals surface area contributed by atoms with Gasteiger partial charge in [0.25, 0.3) is 5.91 Å². The van der Waals surface area contributed by atoms with E-state index in [1.165, 1.54) is 39.8 Å². The van der Waals surface area contributed by atoms with E-state index in [0.29, 0.717) is 23.6 Å². The largest absolute Gasteiger partial charge is 0.354 e. The summed E-state index contributed by atoms with van der Waals surface area (Å²) < 4.78 is 14.9. The van der Waals surface area contributed by atoms with Crippen molar-refractivity contribution in [3.63, 3.8) is 0 Å². The van der Waals surface area contributed by atoms with E-state index in [-0.39, 0.29) is 5.82 Å². The average molecular weight is 470 g/mol. The highest BCUT2D eigenvalue weighted by atomic mass is 19.1. The molecule has 0 aliphatic carbocycles. The zero-order valence-electron chi connectivity index (χ0n) is 19.4. The Hall–Kier alpha value is -3.74. The van der Waals surface area contributed by atoms with Crippen LogP contribution in [0.3, 0.4) is 0 Å². The van der Waals surface area contributed by atoms with Gasteiger partial charge in [-0.05, 0) is 60.2 Å². The fraction of sp³-hybridized carbons (Fsp3) is 0.207. The molecule has 2 heterocycles. The standard InChI is InChI=1S/C29H28FN3O2/c30-25-17-20(13-15-27(34)32-35)12-14-22(25)18-33-16-6-9-23(19-33)28-24-10-4-5-11-26(24)31-29(28)21-7-2-1-3-8-21/h1-5,7-8,10-15,17,23,31,35H,6,9,16,18-19H2,(H,32,34). The third kappa shape index (κ3) is 5.04. The van der Waals surface area contributed by atoms with Gasteiger partial charge in [-0.2, -0.15) is 0 Å². The number of rotatable bonds is 6. The summed E-state index contributed by atoms with van der Waals surface area (Å²) in [6.07, 6.45) is 4.78. The number of nitrogens with one attached hydrogen (secondary N) is 2. The van der Waals surface area contributed by atoms with Gasteiger partial charge >= 0.3 is 0 Å². The van der Waals surface area contributed by atoms with Crippen molar-refractivity contribution in [2.24, 2.45) is 0 Å². The first-order valence-electron chi connectivity index (χ1n) is 11.9. The van der Waals surface area contributed by atoms with Crippen molar-refractivity contribution in [3.05, 3.63) is 101 Å². The number of aromatic nitrogens is 1. The SMILES string of the molecule is O=C(C=Cc1ccc(CN2CCCC(c3c(-c4ccccc4)[nH]c4ccccc34)C2)c(F)c1)NO. The minimum absolute atomic E-state index is 0.296. The summed E-state index contributed by atoms with van der Waals surface area (Å²) in [5, 5.41) is 9.85. The molecule has 178 valence electrons. The van der Waals surface area contributed by atoms with Crippen molar-refractivity contribution in [2.75, 3.05) is 13.1 Å². The Kier molecular flexibility index (Phi) is 6.75. The number of benzene rings is 3. The second-order valence-electron chi connectivity index (χ2n) is 9.06. The van der Waals surface area contributed by atoms with Crippen molar-refractivity contribution in [1.29, 1.82) is 0 Å². The first-order chi connectivity index (χ1) is 17.1. The highest BCUT2D eigenvalue weighted by molar-refractivity contribution is 5.92. The highest BCUT2D eigenvalue weighted by Gasteiger charge is 2.27. The van der Waals surface area contributed by atoms with E-state index in [2.05, 4.69) is 58.4 Å². The summed E-state index contributed by atoms with van der Waals surface area (Å²) in [4.78, 5) is 17.2. The molecule has 0 radical (unpaired) electrons. The third-order valence-electron chi connectivity index (χ3n) is 6.73. The number of hydrogen-bond donors (Lipinski definition) is 3. The van der Waals surface area contributed by atoms with Gasteiger partial charge in [0, 0.05) is 35.6 Å². The van der Waals surface area contributed by atoms with Crippen LogP contribution in [-0.4, -0.2) is 34.1 Å². The minimum atomic E-state index is -0.652. The Morgan fingerprint density at radius 1 is 1.11 bits per heavy atom. The van der Waals surface area contributed by atoms with Crippen LogP contribution in [0.15, 0.2) is 78.9 Å². The number of H-pyrrole nitrogens is 1. The summed E-state index contributed by atoms with van der Waals surface area (Å²) in [6, 6.07) is 23.9. The lowest BCUT2D eigenvalue weighted by Crippen LogP contribution is -2.34. The number of carbonyl (C=O) groups is 1. The van der Waals surface area contributed by atoms with Crippen molar-refractivity contribution >= 4 is 22.9 Å². The smallest absolute Gasteiger partial charge is 0.267 e. The lowest BCUT2D eigenvalue weighted by Gasteiger charge is -2.33. The van der Waals surface area contributed by atoms with Crippen LogP contribution in [0, 0.1) is 5.82 Å². The summed E-state index contributed by atoms with van der Waals surface area (Å²) in [5.74, 6) is -0.603. The van der Waals surface area contributed by atoms with Crippen LogP contribution in [0.1, 0.15) is 35.4 Å². The molecule has 0 bridgehead atoms. The second-order valence-corrected chi connectivity index (χ2v) is 9.06. The molecule has 1 amide bonds. The van der Waals surface area contributed by atoms with Gasteiger partial charge in [-0.15, -0.1) is 0 Å². The van der Waals surface area contributed by atoms with Crippen molar-refractivity contribution < 1.29 is 14.4 Å². The molecule has 5 nitrogen and oxygen atoms in total. The molecular weight excluding hydrogens is 441 g/mol. The quantitative estimate of drug-likeness (QED) is 0.188. The van der Waals surface area contributed by atoms with Crippen molar-refractivity contribution in [2.45, 2.75) is 25.3 Å². The molecule has 4 aromatic rings. The van der Waals surface area contributed by atoms with Crippen LogP contribution in [0.5, 0.6) is 0 Å². The van der Waals surface area contributed by atoms with E-state index >= 15 is 0 Å². The normalized spacial score (nSPS) is 16.7. The summed E-state index contributed by atoms with van der Waals surface area (Å²) in [6.45, 7) is 2.32. The molecule has 1 unspecified atom stereocenters. The van der Waals surface area contributed by atoms with Crippen molar-refractivity contribution in [1.82, 2.24) is 15.4 Å². The fourth-order valence-corrected chi connectivity index (χ4v) is 5.10. The zero-order valence-corrected chi connectivity index (χ0v) is 19.4. The lowest BCUT2D eigenvalue weighted by atomic mass is 9.87. The number of para-hydroxylation sites is 1. The molecule has 5 rings (SSSR count). The molecule has 1 aliphatic rings. The monoisotopic (exact) mass is 469 g/mol. The number of fused-ring (bicyclic) bond motifs is 1. The van der Waals surface area contributed by atoms with E-state index in [4.69, 9.17) is 5.21 Å². The predicted octanol–water partition coefficient (Wildman–Crippen LogP) is 5.87. The van der Waals surface area contributed by atoms with Gasteiger partial charge in [-0.25, -0.2) is 9.87 Å².